The second-order valence-electron chi connectivity index (χ2n) is 5.55. The minimum Gasteiger partial charge on any atom is -0.337 e. The molecule has 0 spiro atoms. The first-order chi connectivity index (χ1) is 9.16. The summed E-state index contributed by atoms with van der Waals surface area (Å²) < 4.78 is 0. The van der Waals surface area contributed by atoms with E-state index < -0.39 is 0 Å². The van der Waals surface area contributed by atoms with E-state index in [4.69, 9.17) is 0 Å². The summed E-state index contributed by atoms with van der Waals surface area (Å²) in [5, 5.41) is 3.43. The van der Waals surface area contributed by atoms with Crippen molar-refractivity contribution in [3.05, 3.63) is 29.8 Å². The van der Waals surface area contributed by atoms with Gasteiger partial charge in [-0.1, -0.05) is 18.2 Å². The SMILES string of the molecule is CC1CN(C(=O)C2CSc3ccccc32)C(C)CN1. The van der Waals surface area contributed by atoms with E-state index in [1.807, 2.05) is 23.9 Å². The Bertz CT molecular complexity index is 491. The van der Waals surface area contributed by atoms with Gasteiger partial charge in [0.1, 0.15) is 0 Å². The topological polar surface area (TPSA) is 32.3 Å². The van der Waals surface area contributed by atoms with Gasteiger partial charge >= 0.3 is 0 Å². The van der Waals surface area contributed by atoms with Gasteiger partial charge in [0.15, 0.2) is 0 Å². The largest absolute Gasteiger partial charge is 0.337 e. The number of nitrogens with one attached hydrogen (secondary N) is 1. The third kappa shape index (κ3) is 2.39. The second-order valence-corrected chi connectivity index (χ2v) is 6.61. The Kier molecular flexibility index (Phi) is 3.54. The number of piperazine rings is 1. The van der Waals surface area contributed by atoms with Crippen molar-refractivity contribution >= 4 is 17.7 Å². The molecular formula is C15H20N2OS. The van der Waals surface area contributed by atoms with Crippen molar-refractivity contribution in [1.29, 1.82) is 0 Å². The number of hydrogen-bond acceptors (Lipinski definition) is 3. The first kappa shape index (κ1) is 13.0. The van der Waals surface area contributed by atoms with Gasteiger partial charge in [0.25, 0.3) is 0 Å². The summed E-state index contributed by atoms with van der Waals surface area (Å²) in [7, 11) is 0. The van der Waals surface area contributed by atoms with Gasteiger partial charge in [0.05, 0.1) is 5.92 Å². The quantitative estimate of drug-likeness (QED) is 0.852. The smallest absolute Gasteiger partial charge is 0.231 e. The van der Waals surface area contributed by atoms with Crippen LogP contribution in [-0.2, 0) is 4.79 Å². The summed E-state index contributed by atoms with van der Waals surface area (Å²) >= 11 is 1.81. The van der Waals surface area contributed by atoms with Crippen molar-refractivity contribution in [3.63, 3.8) is 0 Å². The van der Waals surface area contributed by atoms with Crippen LogP contribution in [0, 0.1) is 0 Å². The molecule has 0 radical (unpaired) electrons. The Morgan fingerprint density at radius 2 is 2.16 bits per heavy atom. The molecule has 1 N–H and O–H groups in total. The van der Waals surface area contributed by atoms with Gasteiger partial charge < -0.3 is 10.2 Å². The van der Waals surface area contributed by atoms with E-state index in [2.05, 4.69) is 36.2 Å². The zero-order valence-corrected chi connectivity index (χ0v) is 12.2. The zero-order valence-electron chi connectivity index (χ0n) is 11.4. The molecule has 0 bridgehead atoms. The summed E-state index contributed by atoms with van der Waals surface area (Å²) in [6.07, 6.45) is 0. The van der Waals surface area contributed by atoms with Crippen LogP contribution in [0.4, 0.5) is 0 Å². The normalized spacial score (nSPS) is 30.2. The summed E-state index contributed by atoms with van der Waals surface area (Å²) in [6, 6.07) is 9.00. The predicted molar refractivity (Wildman–Crippen MR) is 78.5 cm³/mol. The highest BCUT2D eigenvalue weighted by Gasteiger charge is 2.35. The van der Waals surface area contributed by atoms with Crippen molar-refractivity contribution in [1.82, 2.24) is 10.2 Å². The monoisotopic (exact) mass is 276 g/mol. The number of rotatable bonds is 1. The number of amides is 1. The fraction of sp³-hybridized carbons (Fsp3) is 0.533. The molecule has 4 heteroatoms. The minimum absolute atomic E-state index is 0.0500. The van der Waals surface area contributed by atoms with Crippen LogP contribution in [0.2, 0.25) is 0 Å². The highest BCUT2D eigenvalue weighted by atomic mass is 32.2. The molecular weight excluding hydrogens is 256 g/mol. The van der Waals surface area contributed by atoms with Gasteiger partial charge in [0.2, 0.25) is 5.91 Å². The van der Waals surface area contributed by atoms with Gasteiger partial charge in [-0.3, -0.25) is 4.79 Å². The zero-order chi connectivity index (χ0) is 13.4. The van der Waals surface area contributed by atoms with E-state index in [1.54, 1.807) is 0 Å². The number of hydrogen-bond donors (Lipinski definition) is 1. The lowest BCUT2D eigenvalue weighted by Crippen LogP contribution is -2.57. The van der Waals surface area contributed by atoms with Crippen molar-refractivity contribution in [3.8, 4) is 0 Å². The molecule has 0 aliphatic carbocycles. The number of benzene rings is 1. The summed E-state index contributed by atoms with van der Waals surface area (Å²) in [5.74, 6) is 1.25. The van der Waals surface area contributed by atoms with Gasteiger partial charge in [-0.25, -0.2) is 0 Å². The number of nitrogens with zero attached hydrogens (tertiary/aromatic N) is 1. The molecule has 2 aliphatic rings. The molecule has 3 atom stereocenters. The second kappa shape index (κ2) is 5.17. The van der Waals surface area contributed by atoms with Crippen molar-refractivity contribution in [2.75, 3.05) is 18.8 Å². The van der Waals surface area contributed by atoms with Crippen molar-refractivity contribution in [2.45, 2.75) is 36.7 Å². The molecule has 19 heavy (non-hydrogen) atoms. The Hall–Kier alpha value is -1.00. The van der Waals surface area contributed by atoms with Crippen LogP contribution in [0.3, 0.4) is 0 Å². The average Bonchev–Trinajstić information content (AvgIpc) is 2.84. The molecule has 1 aromatic rings. The highest BCUT2D eigenvalue weighted by molar-refractivity contribution is 7.99. The lowest BCUT2D eigenvalue weighted by molar-refractivity contribution is -0.135. The Morgan fingerprint density at radius 1 is 1.37 bits per heavy atom. The molecule has 2 aliphatic heterocycles. The molecule has 0 aromatic heterocycles. The molecule has 102 valence electrons. The van der Waals surface area contributed by atoms with E-state index >= 15 is 0 Å². The van der Waals surface area contributed by atoms with Crippen LogP contribution in [0.1, 0.15) is 25.3 Å². The lowest BCUT2D eigenvalue weighted by Gasteiger charge is -2.39. The summed E-state index contributed by atoms with van der Waals surface area (Å²) in [5.41, 5.74) is 1.22. The molecule has 1 fully saturated rings. The van der Waals surface area contributed by atoms with Crippen molar-refractivity contribution in [2.24, 2.45) is 0 Å². The molecule has 1 aromatic carbocycles. The van der Waals surface area contributed by atoms with Gasteiger partial charge in [-0.2, -0.15) is 0 Å². The van der Waals surface area contributed by atoms with Gasteiger partial charge in [-0.05, 0) is 25.5 Å². The van der Waals surface area contributed by atoms with E-state index in [9.17, 15) is 4.79 Å². The predicted octanol–water partition coefficient (Wildman–Crippen LogP) is 2.08. The molecule has 3 unspecified atom stereocenters. The maximum absolute atomic E-state index is 12.8. The minimum atomic E-state index is 0.0500. The van der Waals surface area contributed by atoms with E-state index in [0.717, 1.165) is 18.8 Å². The van der Waals surface area contributed by atoms with Crippen LogP contribution < -0.4 is 5.32 Å². The fourth-order valence-corrected chi connectivity index (χ4v) is 4.12. The number of carbonyl (C=O) groups is 1. The fourth-order valence-electron chi connectivity index (χ4n) is 2.90. The molecule has 3 nitrogen and oxygen atoms in total. The average molecular weight is 276 g/mol. The molecule has 1 amide bonds. The molecule has 3 rings (SSSR count). The van der Waals surface area contributed by atoms with Gasteiger partial charge in [0, 0.05) is 35.8 Å². The Labute approximate surface area is 118 Å². The van der Waals surface area contributed by atoms with Crippen molar-refractivity contribution < 1.29 is 4.79 Å². The molecule has 0 saturated carbocycles. The molecule has 2 heterocycles. The number of thioether (sulfide) groups is 1. The standard InChI is InChI=1S/C15H20N2OS/c1-10-8-17(11(2)7-16-10)15(18)13-9-19-14-6-4-3-5-12(13)14/h3-6,10-11,13,16H,7-9H2,1-2H3. The number of carbonyl (C=O) groups excluding carboxylic acids is 1. The van der Waals surface area contributed by atoms with E-state index in [1.165, 1.54) is 10.5 Å². The first-order valence-electron chi connectivity index (χ1n) is 6.92. The first-order valence-corrected chi connectivity index (χ1v) is 7.91. The van der Waals surface area contributed by atoms with E-state index in [0.29, 0.717) is 18.0 Å². The van der Waals surface area contributed by atoms with Gasteiger partial charge in [-0.15, -0.1) is 11.8 Å². The molecule has 1 saturated heterocycles. The highest BCUT2D eigenvalue weighted by Crippen LogP contribution is 2.40. The van der Waals surface area contributed by atoms with Crippen LogP contribution >= 0.6 is 11.8 Å². The third-order valence-electron chi connectivity index (χ3n) is 4.05. The van der Waals surface area contributed by atoms with Crippen LogP contribution in [-0.4, -0.2) is 41.7 Å². The Balaban J connectivity index is 1.81. The third-order valence-corrected chi connectivity index (χ3v) is 5.23. The summed E-state index contributed by atoms with van der Waals surface area (Å²) in [6.45, 7) is 5.99. The maximum atomic E-state index is 12.8. The summed E-state index contributed by atoms with van der Waals surface area (Å²) in [4.78, 5) is 16.1. The van der Waals surface area contributed by atoms with Crippen LogP contribution in [0.15, 0.2) is 29.2 Å². The Morgan fingerprint density at radius 3 is 3.00 bits per heavy atom. The van der Waals surface area contributed by atoms with Crippen LogP contribution in [0.25, 0.3) is 0 Å². The maximum Gasteiger partial charge on any atom is 0.231 e. The number of fused-ring (bicyclic) bond motifs is 1. The lowest BCUT2D eigenvalue weighted by atomic mass is 9.98. The van der Waals surface area contributed by atoms with Crippen LogP contribution in [0.5, 0.6) is 0 Å². The van der Waals surface area contributed by atoms with E-state index in [-0.39, 0.29) is 5.92 Å².